The van der Waals surface area contributed by atoms with Crippen molar-refractivity contribution >= 4 is 76.3 Å². The highest BCUT2D eigenvalue weighted by molar-refractivity contribution is 8.26. The van der Waals surface area contributed by atoms with Crippen LogP contribution in [0.5, 0.6) is 0 Å². The topological polar surface area (TPSA) is 126 Å². The van der Waals surface area contributed by atoms with Crippen LogP contribution >= 0.6 is 35.3 Å². The second kappa shape index (κ2) is 11.8. The summed E-state index contributed by atoms with van der Waals surface area (Å²) in [5.74, 6) is -3.71. The number of nitrogens with zero attached hydrogens (tertiary/aromatic N) is 1. The van der Waals surface area contributed by atoms with Crippen molar-refractivity contribution in [1.82, 2.24) is 0 Å². The summed E-state index contributed by atoms with van der Waals surface area (Å²) in [4.78, 5) is 69.0. The van der Waals surface area contributed by atoms with Crippen LogP contribution in [0.2, 0.25) is 0 Å². The van der Waals surface area contributed by atoms with Crippen LogP contribution in [-0.2, 0) is 42.9 Å². The Balaban J connectivity index is 2.15. The summed E-state index contributed by atoms with van der Waals surface area (Å²) < 4.78 is 18.7. The van der Waals surface area contributed by atoms with Crippen molar-refractivity contribution in [3.63, 3.8) is 0 Å². The Morgan fingerprint density at radius 1 is 0.810 bits per heavy atom. The Hall–Kier alpha value is -3.16. The first-order valence-corrected chi connectivity index (χ1v) is 15.4. The lowest BCUT2D eigenvalue weighted by Crippen LogP contribution is -2.55. The van der Waals surface area contributed by atoms with E-state index < -0.39 is 33.5 Å². The number of thioether (sulfide) groups is 3. The normalized spacial score (nSPS) is 19.2. The number of methoxy groups -OCH3 is 4. The van der Waals surface area contributed by atoms with E-state index in [-0.39, 0.29) is 32.1 Å². The minimum atomic E-state index is -1.59. The van der Waals surface area contributed by atoms with Gasteiger partial charge >= 0.3 is 23.9 Å². The van der Waals surface area contributed by atoms with Crippen LogP contribution in [0.1, 0.15) is 39.7 Å². The highest BCUT2D eigenvalue weighted by atomic mass is 32.2. The average Bonchev–Trinajstić information content (AvgIpc) is 3.38. The van der Waals surface area contributed by atoms with E-state index in [0.717, 1.165) is 35.3 Å². The van der Waals surface area contributed by atoms with E-state index in [0.29, 0.717) is 28.1 Å². The van der Waals surface area contributed by atoms with Gasteiger partial charge in [-0.15, -0.1) is 0 Å². The van der Waals surface area contributed by atoms with Crippen molar-refractivity contribution in [2.45, 2.75) is 43.7 Å². The number of hydrogen-bond acceptors (Lipinski definition) is 12. The number of anilines is 1. The number of ether oxygens (including phenoxy) is 4. The molecule has 0 fully saturated rings. The maximum absolute atomic E-state index is 13.9. The van der Waals surface area contributed by atoms with Crippen LogP contribution in [0.25, 0.3) is 5.57 Å². The van der Waals surface area contributed by atoms with E-state index in [4.69, 9.17) is 18.9 Å². The fourth-order valence-electron chi connectivity index (χ4n) is 5.06. The molecule has 42 heavy (non-hydrogen) atoms. The van der Waals surface area contributed by atoms with Gasteiger partial charge in [-0.3, -0.25) is 4.79 Å². The van der Waals surface area contributed by atoms with Gasteiger partial charge in [0.25, 0.3) is 0 Å². The second-order valence-electron chi connectivity index (χ2n) is 10.0. The lowest BCUT2D eigenvalue weighted by Gasteiger charge is -2.51. The summed E-state index contributed by atoms with van der Waals surface area (Å²) in [7, 11) is 4.72. The summed E-state index contributed by atoms with van der Waals surface area (Å²) in [6, 6.07) is 7.23. The Labute approximate surface area is 256 Å². The number of amides is 1. The molecule has 1 atom stereocenters. The van der Waals surface area contributed by atoms with Gasteiger partial charge in [0.2, 0.25) is 5.91 Å². The first-order chi connectivity index (χ1) is 19.9. The first-order valence-electron chi connectivity index (χ1n) is 12.9. The fraction of sp³-hybridized carbons (Fsp3) is 0.414. The third-order valence-electron chi connectivity index (χ3n) is 7.30. The zero-order chi connectivity index (χ0) is 31.1. The van der Waals surface area contributed by atoms with Gasteiger partial charge in [-0.2, -0.15) is 0 Å². The minimum absolute atomic E-state index is 0.0816. The molecular formula is C29H31NO9S3. The monoisotopic (exact) mass is 633 g/mol. The fourth-order valence-corrected chi connectivity index (χ4v) is 10.1. The van der Waals surface area contributed by atoms with Crippen molar-refractivity contribution in [2.24, 2.45) is 5.92 Å². The number of carbonyl (C=O) groups excluding carboxylic acids is 5. The lowest BCUT2D eigenvalue weighted by atomic mass is 9.82. The van der Waals surface area contributed by atoms with Gasteiger partial charge in [0.05, 0.1) is 45.2 Å². The lowest BCUT2D eigenvalue weighted by molar-refractivity contribution is -0.138. The molecule has 224 valence electrons. The van der Waals surface area contributed by atoms with Crippen LogP contribution in [-0.4, -0.2) is 67.8 Å². The van der Waals surface area contributed by atoms with E-state index in [1.54, 1.807) is 11.0 Å². The highest BCUT2D eigenvalue weighted by Gasteiger charge is 2.61. The van der Waals surface area contributed by atoms with Crippen molar-refractivity contribution in [3.05, 3.63) is 55.0 Å². The van der Waals surface area contributed by atoms with E-state index >= 15 is 0 Å². The van der Waals surface area contributed by atoms with E-state index in [1.165, 1.54) is 28.4 Å². The quantitative estimate of drug-likeness (QED) is 0.320. The molecule has 0 aliphatic carbocycles. The summed E-state index contributed by atoms with van der Waals surface area (Å²) in [5, 5.41) is 0. The molecule has 0 N–H and O–H groups in total. The van der Waals surface area contributed by atoms with Crippen molar-refractivity contribution < 1.29 is 42.9 Å². The molecule has 0 unspecified atom stereocenters. The van der Waals surface area contributed by atoms with E-state index in [9.17, 15) is 24.0 Å². The number of para-hydroxylation sites is 1. The van der Waals surface area contributed by atoms with Crippen molar-refractivity contribution in [1.29, 1.82) is 0 Å². The van der Waals surface area contributed by atoms with Crippen LogP contribution in [0.4, 0.5) is 5.69 Å². The molecule has 3 heterocycles. The number of esters is 4. The van der Waals surface area contributed by atoms with Crippen LogP contribution in [0.15, 0.2) is 49.5 Å². The van der Waals surface area contributed by atoms with Crippen molar-refractivity contribution in [2.75, 3.05) is 33.3 Å². The molecule has 1 aromatic rings. The Kier molecular flexibility index (Phi) is 8.96. The molecule has 0 saturated heterocycles. The number of hydrogen-bond donors (Lipinski definition) is 0. The van der Waals surface area contributed by atoms with Crippen molar-refractivity contribution in [3.8, 4) is 0 Å². The maximum Gasteiger partial charge on any atom is 0.345 e. The molecule has 3 aliphatic heterocycles. The molecule has 10 nitrogen and oxygen atoms in total. The minimum Gasteiger partial charge on any atom is -0.466 e. The average molecular weight is 634 g/mol. The second-order valence-corrected chi connectivity index (χ2v) is 13.7. The molecule has 3 aliphatic rings. The molecule has 0 bridgehead atoms. The molecule has 1 spiro atoms. The van der Waals surface area contributed by atoms with Crippen LogP contribution in [0.3, 0.4) is 0 Å². The van der Waals surface area contributed by atoms with Gasteiger partial charge in [0, 0.05) is 22.0 Å². The zero-order valence-electron chi connectivity index (χ0n) is 24.4. The number of rotatable bonds is 6. The maximum atomic E-state index is 13.9. The number of benzene rings is 1. The molecule has 0 aromatic heterocycles. The SMILES string of the molecule is CC[C@@H](C)C(=O)N1c2ccccc2C2=C(SC(C(=O)OC)=C(C(=O)OC)C23SC(C(=O)OC)=C(C(=O)OC)S3)C1(C)C. The molecule has 13 heteroatoms. The molecule has 0 saturated carbocycles. The molecule has 0 radical (unpaired) electrons. The summed E-state index contributed by atoms with van der Waals surface area (Å²) >= 11 is 2.81. The number of fused-ring (bicyclic) bond motifs is 3. The Morgan fingerprint density at radius 2 is 1.31 bits per heavy atom. The predicted octanol–water partition coefficient (Wildman–Crippen LogP) is 4.65. The highest BCUT2D eigenvalue weighted by Crippen LogP contribution is 2.71. The summed E-state index contributed by atoms with van der Waals surface area (Å²) in [6.07, 6.45) is 0.608. The third-order valence-corrected chi connectivity index (χ3v) is 12.0. The smallest absolute Gasteiger partial charge is 0.345 e. The summed E-state index contributed by atoms with van der Waals surface area (Å²) in [6.45, 7) is 7.50. The van der Waals surface area contributed by atoms with Gasteiger partial charge in [-0.25, -0.2) is 19.2 Å². The molecule has 1 aromatic carbocycles. The van der Waals surface area contributed by atoms with E-state index in [2.05, 4.69) is 0 Å². The van der Waals surface area contributed by atoms with Gasteiger partial charge in [0.1, 0.15) is 18.8 Å². The van der Waals surface area contributed by atoms with Gasteiger partial charge in [0.15, 0.2) is 0 Å². The van der Waals surface area contributed by atoms with Crippen LogP contribution in [0, 0.1) is 5.92 Å². The third kappa shape index (κ3) is 4.75. The molecular weight excluding hydrogens is 603 g/mol. The zero-order valence-corrected chi connectivity index (χ0v) is 26.9. The first kappa shape index (κ1) is 31.8. The van der Waals surface area contributed by atoms with Gasteiger partial charge in [-0.05, 0) is 26.3 Å². The van der Waals surface area contributed by atoms with E-state index in [1.807, 2.05) is 45.9 Å². The Morgan fingerprint density at radius 3 is 1.81 bits per heavy atom. The summed E-state index contributed by atoms with van der Waals surface area (Å²) in [5.41, 5.74) is 0.581. The standard InChI is InChI=1S/C29H31NO9S3/c1-9-14(2)23(31)30-16-13-11-10-12-15(16)17-22(28(30,3)4)40-19(25(33)37-6)18(24(32)36-5)29(17)41-20(26(34)38-7)21(42-29)27(35)39-8/h10-14H,9H2,1-8H3/t14-/m1/s1. The van der Waals surface area contributed by atoms with Gasteiger partial charge in [-0.1, -0.05) is 67.3 Å². The largest absolute Gasteiger partial charge is 0.466 e. The number of carbonyl (C=O) groups is 5. The van der Waals surface area contributed by atoms with Crippen LogP contribution < -0.4 is 4.90 Å². The van der Waals surface area contributed by atoms with Gasteiger partial charge < -0.3 is 23.8 Å². The molecule has 1 amide bonds. The Bertz CT molecular complexity index is 1460. The predicted molar refractivity (Wildman–Crippen MR) is 162 cm³/mol. The molecule has 4 rings (SSSR count).